The van der Waals surface area contributed by atoms with E-state index in [2.05, 4.69) is 0 Å². The number of ether oxygens (including phenoxy) is 3. The summed E-state index contributed by atoms with van der Waals surface area (Å²) in [5.41, 5.74) is -4.53. The van der Waals surface area contributed by atoms with Gasteiger partial charge in [-0.15, -0.1) is 0 Å². The van der Waals surface area contributed by atoms with Crippen LogP contribution in [0.4, 0.5) is 13.2 Å². The minimum absolute atomic E-state index is 0.0253. The first-order valence-corrected chi connectivity index (χ1v) is 9.30. The molecular formula is C21H23F3O6. The van der Waals surface area contributed by atoms with Gasteiger partial charge in [0.15, 0.2) is 0 Å². The normalized spacial score (nSPS) is 15.1. The summed E-state index contributed by atoms with van der Waals surface area (Å²) in [5, 5.41) is 0. The molecule has 30 heavy (non-hydrogen) atoms. The van der Waals surface area contributed by atoms with Crippen LogP contribution in [-0.4, -0.2) is 36.7 Å². The van der Waals surface area contributed by atoms with Crippen LogP contribution in [0.15, 0.2) is 24.3 Å². The van der Waals surface area contributed by atoms with Crippen molar-refractivity contribution in [1.82, 2.24) is 0 Å². The zero-order valence-electron chi connectivity index (χ0n) is 17.3. The highest BCUT2D eigenvalue weighted by Gasteiger charge is 2.56. The Labute approximate surface area is 172 Å². The molecule has 1 aromatic rings. The number of esters is 3. The fourth-order valence-corrected chi connectivity index (χ4v) is 3.48. The summed E-state index contributed by atoms with van der Waals surface area (Å²) < 4.78 is 55.5. The highest BCUT2D eigenvalue weighted by molar-refractivity contribution is 6.13. The molecular weight excluding hydrogens is 405 g/mol. The number of fused-ring (bicyclic) bond motifs is 1. The lowest BCUT2D eigenvalue weighted by atomic mass is 9.82. The number of hydrogen-bond acceptors (Lipinski definition) is 6. The van der Waals surface area contributed by atoms with Crippen LogP contribution >= 0.6 is 0 Å². The first kappa shape index (κ1) is 23.4. The molecule has 0 unspecified atom stereocenters. The number of halogens is 3. The van der Waals surface area contributed by atoms with Crippen molar-refractivity contribution in [3.63, 3.8) is 0 Å². The van der Waals surface area contributed by atoms with Crippen molar-refractivity contribution in [2.75, 3.05) is 13.2 Å². The molecule has 164 valence electrons. The first-order chi connectivity index (χ1) is 13.8. The van der Waals surface area contributed by atoms with Crippen molar-refractivity contribution < 1.29 is 41.8 Å². The molecule has 1 aliphatic rings. The van der Waals surface area contributed by atoms with Crippen LogP contribution in [-0.2, 0) is 40.2 Å². The van der Waals surface area contributed by atoms with E-state index in [0.29, 0.717) is 0 Å². The molecule has 0 atom stereocenters. The number of alkyl halides is 3. The topological polar surface area (TPSA) is 78.9 Å². The van der Waals surface area contributed by atoms with Crippen molar-refractivity contribution in [2.45, 2.75) is 51.8 Å². The molecule has 0 aliphatic heterocycles. The minimum atomic E-state index is -4.66. The molecule has 0 bridgehead atoms. The van der Waals surface area contributed by atoms with E-state index in [9.17, 15) is 27.6 Å². The lowest BCUT2D eigenvalue weighted by molar-refractivity contribution is -0.161. The second-order valence-corrected chi connectivity index (χ2v) is 7.17. The van der Waals surface area contributed by atoms with Gasteiger partial charge in [-0.05, 0) is 57.0 Å². The summed E-state index contributed by atoms with van der Waals surface area (Å²) in [4.78, 5) is 37.4. The van der Waals surface area contributed by atoms with Gasteiger partial charge in [-0.2, -0.15) is 13.2 Å². The Kier molecular flexibility index (Phi) is 6.34. The molecule has 0 heterocycles. The zero-order chi connectivity index (χ0) is 22.9. The smallest absolute Gasteiger partial charge is 0.416 e. The predicted octanol–water partition coefficient (Wildman–Crippen LogP) is 3.81. The average Bonchev–Trinajstić information content (AvgIpc) is 2.97. The summed E-state index contributed by atoms with van der Waals surface area (Å²) in [6.45, 7) is 7.00. The molecule has 9 heteroatoms. The van der Waals surface area contributed by atoms with Gasteiger partial charge in [0, 0.05) is 12.5 Å². The highest BCUT2D eigenvalue weighted by atomic mass is 19.4. The van der Waals surface area contributed by atoms with Gasteiger partial charge >= 0.3 is 24.1 Å². The zero-order valence-corrected chi connectivity index (χ0v) is 17.3. The molecule has 1 aromatic carbocycles. The largest absolute Gasteiger partial charge is 0.465 e. The maximum Gasteiger partial charge on any atom is 0.416 e. The Morgan fingerprint density at radius 3 is 1.97 bits per heavy atom. The monoisotopic (exact) mass is 428 g/mol. The van der Waals surface area contributed by atoms with Crippen molar-refractivity contribution >= 4 is 23.5 Å². The third kappa shape index (κ3) is 4.06. The van der Waals surface area contributed by atoms with Gasteiger partial charge < -0.3 is 14.2 Å². The maximum absolute atomic E-state index is 13.4. The molecule has 6 nitrogen and oxygen atoms in total. The number of benzene rings is 1. The molecule has 0 amide bonds. The van der Waals surface area contributed by atoms with E-state index in [1.807, 2.05) is 0 Å². The van der Waals surface area contributed by atoms with E-state index in [4.69, 9.17) is 14.2 Å². The van der Waals surface area contributed by atoms with E-state index >= 15 is 0 Å². The molecule has 0 saturated heterocycles. The quantitative estimate of drug-likeness (QED) is 0.390. The molecule has 0 fully saturated rings. The molecule has 0 saturated carbocycles. The SMILES string of the molecule is CCOC(=O)C1(C(=O)OCC)C=C(C(C)(C)OC(C)=O)c2cc(C(F)(F)F)ccc21. The lowest BCUT2D eigenvalue weighted by Gasteiger charge is -2.27. The Morgan fingerprint density at radius 2 is 1.53 bits per heavy atom. The number of rotatable bonds is 6. The van der Waals surface area contributed by atoms with Crippen LogP contribution in [0.3, 0.4) is 0 Å². The van der Waals surface area contributed by atoms with Crippen LogP contribution in [0, 0.1) is 0 Å². The van der Waals surface area contributed by atoms with Gasteiger partial charge in [0.25, 0.3) is 0 Å². The van der Waals surface area contributed by atoms with E-state index in [0.717, 1.165) is 25.1 Å². The van der Waals surface area contributed by atoms with Gasteiger partial charge in [-0.3, -0.25) is 14.4 Å². The Morgan fingerprint density at radius 1 is 1.00 bits per heavy atom. The van der Waals surface area contributed by atoms with E-state index < -0.39 is 40.7 Å². The third-order valence-corrected chi connectivity index (χ3v) is 4.67. The van der Waals surface area contributed by atoms with Crippen LogP contribution < -0.4 is 0 Å². The van der Waals surface area contributed by atoms with Crippen molar-refractivity contribution in [2.24, 2.45) is 0 Å². The molecule has 0 N–H and O–H groups in total. The Hall–Kier alpha value is -2.84. The summed E-state index contributed by atoms with van der Waals surface area (Å²) in [6.07, 6.45) is -3.48. The summed E-state index contributed by atoms with van der Waals surface area (Å²) in [5.74, 6) is -2.66. The Bertz CT molecular complexity index is 880. The fraction of sp³-hybridized carbons (Fsp3) is 0.476. The van der Waals surface area contributed by atoms with Crippen molar-refractivity contribution in [3.8, 4) is 0 Å². The van der Waals surface area contributed by atoms with E-state index in [1.165, 1.54) is 33.8 Å². The second-order valence-electron chi connectivity index (χ2n) is 7.17. The molecule has 0 aromatic heterocycles. The second kappa shape index (κ2) is 8.12. The van der Waals surface area contributed by atoms with Crippen LogP contribution in [0.1, 0.15) is 51.3 Å². The van der Waals surface area contributed by atoms with Gasteiger partial charge in [0.05, 0.1) is 18.8 Å². The number of carbonyl (C=O) groups excluding carboxylic acids is 3. The molecule has 0 radical (unpaired) electrons. The number of hydrogen-bond donors (Lipinski definition) is 0. The fourth-order valence-electron chi connectivity index (χ4n) is 3.48. The molecule has 0 spiro atoms. The van der Waals surface area contributed by atoms with Gasteiger partial charge in [0.2, 0.25) is 5.41 Å². The maximum atomic E-state index is 13.4. The van der Waals surface area contributed by atoms with E-state index in [-0.39, 0.29) is 29.9 Å². The predicted molar refractivity (Wildman–Crippen MR) is 100 cm³/mol. The molecule has 2 rings (SSSR count). The standard InChI is InChI=1S/C21H23F3O6/c1-6-28-17(26)20(18(27)29-7-2)11-16(19(4,5)30-12(3)25)14-10-13(21(22,23)24)8-9-15(14)20/h8-11H,6-7H2,1-5H3. The average molecular weight is 428 g/mol. The van der Waals surface area contributed by atoms with Crippen molar-refractivity contribution in [3.05, 3.63) is 41.0 Å². The van der Waals surface area contributed by atoms with Gasteiger partial charge in [-0.25, -0.2) is 0 Å². The van der Waals surface area contributed by atoms with Crippen molar-refractivity contribution in [1.29, 1.82) is 0 Å². The van der Waals surface area contributed by atoms with Crippen LogP contribution in [0.2, 0.25) is 0 Å². The van der Waals surface area contributed by atoms with E-state index in [1.54, 1.807) is 0 Å². The summed E-state index contributed by atoms with van der Waals surface area (Å²) in [6, 6.07) is 2.66. The molecule has 1 aliphatic carbocycles. The first-order valence-electron chi connectivity index (χ1n) is 9.30. The highest BCUT2D eigenvalue weighted by Crippen LogP contribution is 2.49. The van der Waals surface area contributed by atoms with Crippen LogP contribution in [0.25, 0.3) is 5.57 Å². The summed E-state index contributed by atoms with van der Waals surface area (Å²) in [7, 11) is 0. The lowest BCUT2D eigenvalue weighted by Crippen LogP contribution is -2.43. The van der Waals surface area contributed by atoms with Crippen LogP contribution in [0.5, 0.6) is 0 Å². The van der Waals surface area contributed by atoms with Gasteiger partial charge in [-0.1, -0.05) is 6.07 Å². The number of carbonyl (C=O) groups is 3. The minimum Gasteiger partial charge on any atom is -0.465 e. The third-order valence-electron chi connectivity index (χ3n) is 4.67. The van der Waals surface area contributed by atoms with Gasteiger partial charge in [0.1, 0.15) is 5.60 Å². The summed E-state index contributed by atoms with van der Waals surface area (Å²) >= 11 is 0. The Balaban J connectivity index is 2.86.